The van der Waals surface area contributed by atoms with Crippen molar-refractivity contribution < 1.29 is 28.2 Å². The second-order valence-electron chi connectivity index (χ2n) is 8.18. The summed E-state index contributed by atoms with van der Waals surface area (Å²) in [5.74, 6) is 0.329. The summed E-state index contributed by atoms with van der Waals surface area (Å²) in [6.45, 7) is 6.13. The second-order valence-corrected chi connectivity index (χ2v) is 8.18. The van der Waals surface area contributed by atoms with Gasteiger partial charge in [-0.15, -0.1) is 0 Å². The Morgan fingerprint density at radius 3 is 2.82 bits per heavy atom. The zero-order valence-corrected chi connectivity index (χ0v) is 19.4. The average Bonchev–Trinajstić information content (AvgIpc) is 3.39. The molecule has 1 unspecified atom stereocenters. The van der Waals surface area contributed by atoms with Gasteiger partial charge in [-0.3, -0.25) is 9.78 Å². The first-order chi connectivity index (χ1) is 16.7. The summed E-state index contributed by atoms with van der Waals surface area (Å²) in [5, 5.41) is 0. The molecule has 2 saturated heterocycles. The molecule has 0 saturated carbocycles. The van der Waals surface area contributed by atoms with E-state index in [2.05, 4.69) is 9.97 Å². The number of hydrogen-bond acceptors (Lipinski definition) is 9. The number of piperazine rings is 1. The molecule has 1 atom stereocenters. The second kappa shape index (κ2) is 11.7. The largest absolute Gasteiger partial charge is 0.490 e. The van der Waals surface area contributed by atoms with E-state index in [9.17, 15) is 9.59 Å². The lowest BCUT2D eigenvalue weighted by molar-refractivity contribution is 0.0269. The van der Waals surface area contributed by atoms with Crippen LogP contribution in [0.25, 0.3) is 0 Å². The molecule has 0 radical (unpaired) electrons. The van der Waals surface area contributed by atoms with E-state index in [-0.39, 0.29) is 30.3 Å². The highest BCUT2D eigenvalue weighted by molar-refractivity contribution is 5.92. The summed E-state index contributed by atoms with van der Waals surface area (Å²) in [6.07, 6.45) is 6.04. The summed E-state index contributed by atoms with van der Waals surface area (Å²) in [4.78, 5) is 39.6. The van der Waals surface area contributed by atoms with Crippen molar-refractivity contribution in [1.82, 2.24) is 19.8 Å². The minimum absolute atomic E-state index is 0.199. The number of unbranched alkanes of at least 4 members (excludes halogenated alkanes) is 1. The molecule has 2 aliphatic heterocycles. The minimum Gasteiger partial charge on any atom is -0.490 e. The van der Waals surface area contributed by atoms with E-state index in [4.69, 9.17) is 18.6 Å². The van der Waals surface area contributed by atoms with Crippen molar-refractivity contribution in [3.63, 3.8) is 0 Å². The molecule has 2 fully saturated rings. The Labute approximate surface area is 198 Å². The van der Waals surface area contributed by atoms with Gasteiger partial charge in [-0.05, 0) is 18.6 Å². The third kappa shape index (κ3) is 5.96. The molecule has 2 aromatic rings. The molecule has 2 aliphatic rings. The van der Waals surface area contributed by atoms with Crippen LogP contribution in [0.15, 0.2) is 35.2 Å². The van der Waals surface area contributed by atoms with Crippen molar-refractivity contribution in [3.8, 4) is 5.75 Å². The van der Waals surface area contributed by atoms with Crippen molar-refractivity contribution in [2.45, 2.75) is 25.8 Å². The van der Waals surface area contributed by atoms with Gasteiger partial charge in [-0.25, -0.2) is 4.79 Å². The van der Waals surface area contributed by atoms with Crippen LogP contribution >= 0.6 is 0 Å². The molecule has 0 bridgehead atoms. The summed E-state index contributed by atoms with van der Waals surface area (Å²) < 4.78 is 22.2. The minimum atomic E-state index is -0.385. The normalized spacial score (nSPS) is 18.6. The number of ether oxygens (including phenoxy) is 3. The van der Waals surface area contributed by atoms with Crippen molar-refractivity contribution in [2.75, 3.05) is 64.1 Å². The summed E-state index contributed by atoms with van der Waals surface area (Å²) in [6, 6.07) is 3.60. The molecule has 4 rings (SSSR count). The van der Waals surface area contributed by atoms with E-state index in [0.717, 1.165) is 12.8 Å². The Kier molecular flexibility index (Phi) is 8.18. The number of nitrogens with zero attached hydrogens (tertiary/aromatic N) is 5. The lowest BCUT2D eigenvalue weighted by atomic mass is 10.1. The predicted molar refractivity (Wildman–Crippen MR) is 122 cm³/mol. The lowest BCUT2D eigenvalue weighted by Gasteiger charge is -2.40. The highest BCUT2D eigenvalue weighted by Gasteiger charge is 2.35. The number of morpholine rings is 1. The molecular formula is C23H31N5O6. The fourth-order valence-electron chi connectivity index (χ4n) is 3.86. The van der Waals surface area contributed by atoms with Crippen molar-refractivity contribution in [1.29, 1.82) is 0 Å². The van der Waals surface area contributed by atoms with Crippen LogP contribution in [0.1, 0.15) is 30.3 Å². The molecule has 11 heteroatoms. The van der Waals surface area contributed by atoms with E-state index >= 15 is 0 Å². The van der Waals surface area contributed by atoms with Crippen LogP contribution in [0.4, 0.5) is 10.8 Å². The fourth-order valence-corrected chi connectivity index (χ4v) is 3.86. The Hall–Kier alpha value is -3.34. The first kappa shape index (κ1) is 23.8. The number of pyridine rings is 1. The molecule has 2 amide bonds. The van der Waals surface area contributed by atoms with Crippen LogP contribution in [0.2, 0.25) is 0 Å². The standard InChI is InChI=1S/C23H31N5O6/c1-2-3-11-32-23(30)27-7-8-28(18(15-27)16-33-19-5-4-6-24-14-19)21(29)20-17-34-22(25-20)26-9-12-31-13-10-26/h4-6,14,17-18H,2-3,7-13,15-16H2,1H3. The van der Waals surface area contributed by atoms with Crippen molar-refractivity contribution in [2.24, 2.45) is 0 Å². The smallest absolute Gasteiger partial charge is 0.409 e. The van der Waals surface area contributed by atoms with E-state index in [1.54, 1.807) is 34.3 Å². The summed E-state index contributed by atoms with van der Waals surface area (Å²) in [5.41, 5.74) is 0.229. The SMILES string of the molecule is CCCCOC(=O)N1CCN(C(=O)c2coc(N3CCOCC3)n2)C(COc2cccnc2)C1. The fraction of sp³-hybridized carbons (Fsp3) is 0.565. The first-order valence-electron chi connectivity index (χ1n) is 11.7. The third-order valence-electron chi connectivity index (χ3n) is 5.79. The molecule has 4 heterocycles. The number of rotatable bonds is 8. The maximum absolute atomic E-state index is 13.4. The maximum atomic E-state index is 13.4. The summed E-state index contributed by atoms with van der Waals surface area (Å²) >= 11 is 0. The van der Waals surface area contributed by atoms with Gasteiger partial charge in [0.2, 0.25) is 0 Å². The number of oxazole rings is 1. The quantitative estimate of drug-likeness (QED) is 0.532. The lowest BCUT2D eigenvalue weighted by Crippen LogP contribution is -2.58. The number of amides is 2. The van der Waals surface area contributed by atoms with Gasteiger partial charge in [0.05, 0.1) is 32.1 Å². The predicted octanol–water partition coefficient (Wildman–Crippen LogP) is 2.05. The van der Waals surface area contributed by atoms with Crippen LogP contribution < -0.4 is 9.64 Å². The van der Waals surface area contributed by atoms with E-state index in [1.165, 1.54) is 6.26 Å². The van der Waals surface area contributed by atoms with Crippen LogP contribution in [-0.4, -0.2) is 97.0 Å². The van der Waals surface area contributed by atoms with Crippen LogP contribution in [-0.2, 0) is 9.47 Å². The monoisotopic (exact) mass is 473 g/mol. The van der Waals surface area contributed by atoms with Crippen molar-refractivity contribution >= 4 is 18.0 Å². The average molecular weight is 474 g/mol. The molecule has 184 valence electrons. The van der Waals surface area contributed by atoms with Crippen LogP contribution in [0, 0.1) is 0 Å². The Morgan fingerprint density at radius 2 is 2.06 bits per heavy atom. The number of anilines is 1. The van der Waals surface area contributed by atoms with Gasteiger partial charge in [0.25, 0.3) is 11.9 Å². The van der Waals surface area contributed by atoms with Gasteiger partial charge in [-0.1, -0.05) is 13.3 Å². The maximum Gasteiger partial charge on any atom is 0.409 e. The third-order valence-corrected chi connectivity index (χ3v) is 5.79. The highest BCUT2D eigenvalue weighted by atomic mass is 16.6. The van der Waals surface area contributed by atoms with Gasteiger partial charge in [-0.2, -0.15) is 4.98 Å². The molecule has 0 aliphatic carbocycles. The molecular weight excluding hydrogens is 442 g/mol. The molecule has 2 aromatic heterocycles. The van der Waals surface area contributed by atoms with Gasteiger partial charge >= 0.3 is 6.09 Å². The van der Waals surface area contributed by atoms with E-state index in [1.807, 2.05) is 11.8 Å². The van der Waals surface area contributed by atoms with Crippen molar-refractivity contribution in [3.05, 3.63) is 36.5 Å². The number of carbonyl (C=O) groups excluding carboxylic acids is 2. The van der Waals surface area contributed by atoms with Gasteiger partial charge in [0.1, 0.15) is 18.6 Å². The number of aromatic nitrogens is 2. The Morgan fingerprint density at radius 1 is 1.21 bits per heavy atom. The Bertz CT molecular complexity index is 933. The summed E-state index contributed by atoms with van der Waals surface area (Å²) in [7, 11) is 0. The van der Waals surface area contributed by atoms with Crippen LogP contribution in [0.3, 0.4) is 0 Å². The van der Waals surface area contributed by atoms with Gasteiger partial charge < -0.3 is 33.3 Å². The topological polar surface area (TPSA) is 110 Å². The highest BCUT2D eigenvalue weighted by Crippen LogP contribution is 2.20. The zero-order chi connectivity index (χ0) is 23.8. The molecule has 0 N–H and O–H groups in total. The van der Waals surface area contributed by atoms with E-state index < -0.39 is 0 Å². The molecule has 11 nitrogen and oxygen atoms in total. The van der Waals surface area contributed by atoms with Gasteiger partial charge in [0.15, 0.2) is 5.69 Å². The molecule has 0 spiro atoms. The zero-order valence-electron chi connectivity index (χ0n) is 19.4. The van der Waals surface area contributed by atoms with Crippen LogP contribution in [0.5, 0.6) is 5.75 Å². The molecule has 34 heavy (non-hydrogen) atoms. The number of hydrogen-bond donors (Lipinski definition) is 0. The van der Waals surface area contributed by atoms with Gasteiger partial charge in [0, 0.05) is 38.9 Å². The molecule has 0 aromatic carbocycles. The first-order valence-corrected chi connectivity index (χ1v) is 11.7. The Balaban J connectivity index is 1.44. The van der Waals surface area contributed by atoms with E-state index in [0.29, 0.717) is 64.3 Å². The number of carbonyl (C=O) groups is 2.